The van der Waals surface area contributed by atoms with E-state index in [-0.39, 0.29) is 28.5 Å². The highest BCUT2D eigenvalue weighted by molar-refractivity contribution is 5.79. The third-order valence-corrected chi connectivity index (χ3v) is 9.84. The highest BCUT2D eigenvalue weighted by Gasteiger charge is 2.76. The number of hydrogen-bond acceptors (Lipinski definition) is 3. The maximum atomic E-state index is 12.4. The molecule has 1 spiro atoms. The van der Waals surface area contributed by atoms with Crippen LogP contribution in [0.3, 0.4) is 0 Å². The second-order valence-corrected chi connectivity index (χ2v) is 10.8. The lowest BCUT2D eigenvalue weighted by atomic mass is 9.44. The smallest absolute Gasteiger partial charge is 0.133 e. The molecule has 4 saturated carbocycles. The monoisotopic (exact) mass is 346 g/mol. The summed E-state index contributed by atoms with van der Waals surface area (Å²) in [5, 5.41) is 10.4. The van der Waals surface area contributed by atoms with Gasteiger partial charge < -0.3 is 9.84 Å². The van der Waals surface area contributed by atoms with Crippen LogP contribution in [0.2, 0.25) is 0 Å². The van der Waals surface area contributed by atoms with Crippen LogP contribution < -0.4 is 0 Å². The van der Waals surface area contributed by atoms with E-state index >= 15 is 0 Å². The van der Waals surface area contributed by atoms with E-state index in [1.807, 2.05) is 6.92 Å². The highest BCUT2D eigenvalue weighted by atomic mass is 16.6. The Kier molecular flexibility index (Phi) is 3.28. The Morgan fingerprint density at radius 1 is 1.16 bits per heavy atom. The van der Waals surface area contributed by atoms with Gasteiger partial charge in [-0.1, -0.05) is 20.8 Å². The number of ether oxygens (including phenoxy) is 1. The summed E-state index contributed by atoms with van der Waals surface area (Å²) < 4.78 is 6.43. The quantitative estimate of drug-likeness (QED) is 0.731. The van der Waals surface area contributed by atoms with Crippen LogP contribution in [0.15, 0.2) is 0 Å². The van der Waals surface area contributed by atoms with E-state index in [1.54, 1.807) is 0 Å². The predicted octanol–water partition coefficient (Wildman–Crippen LogP) is 3.97. The van der Waals surface area contributed by atoms with Crippen LogP contribution in [-0.2, 0) is 9.53 Å². The molecule has 1 aliphatic heterocycles. The van der Waals surface area contributed by atoms with Gasteiger partial charge in [0.15, 0.2) is 0 Å². The van der Waals surface area contributed by atoms with Crippen LogP contribution in [0, 0.1) is 40.4 Å². The Hall–Kier alpha value is -0.410. The molecule has 0 radical (unpaired) electrons. The molecule has 25 heavy (non-hydrogen) atoms. The molecular weight excluding hydrogens is 312 g/mol. The molecule has 0 bridgehead atoms. The van der Waals surface area contributed by atoms with Crippen molar-refractivity contribution in [2.45, 2.75) is 90.4 Å². The van der Waals surface area contributed by atoms with Crippen LogP contribution in [0.25, 0.3) is 0 Å². The number of fused-ring (bicyclic) bond motifs is 4. The second kappa shape index (κ2) is 4.90. The molecule has 0 aromatic rings. The normalized spacial score (nSPS) is 62.4. The summed E-state index contributed by atoms with van der Waals surface area (Å²) in [6, 6.07) is 0. The number of carbonyl (C=O) groups is 1. The molecule has 1 N–H and O–H groups in total. The van der Waals surface area contributed by atoms with Gasteiger partial charge in [0.1, 0.15) is 11.4 Å². The number of aliphatic hydroxyl groups is 1. The Balaban J connectivity index is 1.53. The van der Waals surface area contributed by atoms with Gasteiger partial charge in [0.2, 0.25) is 0 Å². The maximum Gasteiger partial charge on any atom is 0.133 e. The number of rotatable bonds is 1. The van der Waals surface area contributed by atoms with E-state index in [4.69, 9.17) is 4.74 Å². The zero-order valence-corrected chi connectivity index (χ0v) is 16.3. The van der Waals surface area contributed by atoms with E-state index in [0.717, 1.165) is 25.7 Å². The summed E-state index contributed by atoms with van der Waals surface area (Å²) in [4.78, 5) is 12.4. The van der Waals surface area contributed by atoms with Crippen molar-refractivity contribution >= 4 is 5.78 Å². The van der Waals surface area contributed by atoms with Crippen molar-refractivity contribution in [1.29, 1.82) is 0 Å². The molecule has 0 amide bonds. The summed E-state index contributed by atoms with van der Waals surface area (Å²) in [5.74, 6) is 3.28. The van der Waals surface area contributed by atoms with Crippen molar-refractivity contribution in [3.8, 4) is 0 Å². The van der Waals surface area contributed by atoms with Gasteiger partial charge in [0, 0.05) is 11.3 Å². The Labute approximate surface area is 151 Å². The Morgan fingerprint density at radius 3 is 2.64 bits per heavy atom. The molecule has 4 aliphatic carbocycles. The van der Waals surface area contributed by atoms with Crippen LogP contribution in [0.5, 0.6) is 0 Å². The zero-order chi connectivity index (χ0) is 17.8. The average molecular weight is 347 g/mol. The third-order valence-electron chi connectivity index (χ3n) is 9.84. The summed E-state index contributed by atoms with van der Waals surface area (Å²) in [6.45, 7) is 9.04. The van der Waals surface area contributed by atoms with Gasteiger partial charge in [-0.05, 0) is 81.0 Å². The molecule has 0 unspecified atom stereocenters. The molecule has 5 aliphatic rings. The van der Waals surface area contributed by atoms with Gasteiger partial charge >= 0.3 is 0 Å². The van der Waals surface area contributed by atoms with Crippen molar-refractivity contribution in [1.82, 2.24) is 0 Å². The maximum absolute atomic E-state index is 12.4. The largest absolute Gasteiger partial charge is 0.393 e. The van der Waals surface area contributed by atoms with Gasteiger partial charge in [-0.3, -0.25) is 4.79 Å². The van der Waals surface area contributed by atoms with Crippen LogP contribution in [0.4, 0.5) is 0 Å². The van der Waals surface area contributed by atoms with E-state index in [2.05, 4.69) is 20.8 Å². The third kappa shape index (κ3) is 1.87. The molecule has 3 heteroatoms. The topological polar surface area (TPSA) is 49.8 Å². The van der Waals surface area contributed by atoms with Crippen molar-refractivity contribution in [3.05, 3.63) is 0 Å². The van der Waals surface area contributed by atoms with Gasteiger partial charge in [0.05, 0.1) is 12.2 Å². The molecule has 140 valence electrons. The van der Waals surface area contributed by atoms with Gasteiger partial charge in [-0.25, -0.2) is 0 Å². The highest BCUT2D eigenvalue weighted by Crippen LogP contribution is 2.74. The summed E-state index contributed by atoms with van der Waals surface area (Å²) in [7, 11) is 0. The van der Waals surface area contributed by atoms with Crippen LogP contribution >= 0.6 is 0 Å². The van der Waals surface area contributed by atoms with Gasteiger partial charge in [0.25, 0.3) is 0 Å². The molecule has 1 saturated heterocycles. The number of epoxide rings is 1. The fourth-order valence-electron chi connectivity index (χ4n) is 8.91. The lowest BCUT2D eigenvalue weighted by molar-refractivity contribution is -0.136. The number of ketones is 1. The molecule has 1 heterocycles. The number of aliphatic hydroxyl groups excluding tert-OH is 1. The van der Waals surface area contributed by atoms with E-state index in [1.165, 1.54) is 19.3 Å². The lowest BCUT2D eigenvalue weighted by Gasteiger charge is -2.59. The number of carbonyl (C=O) groups excluding carboxylic acids is 1. The van der Waals surface area contributed by atoms with E-state index in [9.17, 15) is 9.90 Å². The first-order valence-electron chi connectivity index (χ1n) is 10.6. The predicted molar refractivity (Wildman–Crippen MR) is 95.9 cm³/mol. The Bertz CT molecular complexity index is 616. The molecule has 0 aromatic heterocycles. The molecule has 0 aromatic carbocycles. The molecule has 5 rings (SSSR count). The minimum atomic E-state index is -0.154. The van der Waals surface area contributed by atoms with Crippen molar-refractivity contribution in [2.75, 3.05) is 0 Å². The molecule has 10 atom stereocenters. The first-order chi connectivity index (χ1) is 11.7. The lowest BCUT2D eigenvalue weighted by Crippen LogP contribution is -2.59. The van der Waals surface area contributed by atoms with Gasteiger partial charge in [-0.2, -0.15) is 0 Å². The average Bonchev–Trinajstić information content (AvgIpc) is 3.16. The van der Waals surface area contributed by atoms with E-state index in [0.29, 0.717) is 35.6 Å². The Morgan fingerprint density at radius 2 is 1.92 bits per heavy atom. The zero-order valence-electron chi connectivity index (χ0n) is 16.3. The fourth-order valence-corrected chi connectivity index (χ4v) is 8.91. The molecule has 3 nitrogen and oxygen atoms in total. The number of hydrogen-bond donors (Lipinski definition) is 1. The van der Waals surface area contributed by atoms with Crippen LogP contribution in [-0.4, -0.2) is 28.7 Å². The first-order valence-corrected chi connectivity index (χ1v) is 10.6. The van der Waals surface area contributed by atoms with Crippen molar-refractivity contribution < 1.29 is 14.6 Å². The SMILES string of the molecule is CC(=O)[C@@H]1C[C@H](C)[C@@H]2[C@@H]3C[C@@H]4O[C@@]45CC[C@@H](O)C[C@]5(C)[C@H]3CC[C@@]21C. The fraction of sp³-hybridized carbons (Fsp3) is 0.955. The minimum Gasteiger partial charge on any atom is -0.393 e. The summed E-state index contributed by atoms with van der Waals surface area (Å²) in [5.41, 5.74) is 0.390. The number of Topliss-reactive ketones (excluding diaryl/α,β-unsaturated/α-hetero) is 1. The standard InChI is InChI=1S/C22H34O3/c1-12-9-17(13(2)23)20(3)7-6-16-15(19(12)20)10-18-22(25-18)8-5-14(24)11-21(16,22)4/h12,14-19,24H,5-11H2,1-4H3/t12-,14+,15+,16-,17-,18-,19+,20+,21+,22-/m0/s1. The van der Waals surface area contributed by atoms with Crippen molar-refractivity contribution in [2.24, 2.45) is 40.4 Å². The first kappa shape index (κ1) is 16.7. The van der Waals surface area contributed by atoms with E-state index < -0.39 is 0 Å². The van der Waals surface area contributed by atoms with Crippen molar-refractivity contribution in [3.63, 3.8) is 0 Å². The minimum absolute atomic E-state index is 0.0724. The van der Waals surface area contributed by atoms with Gasteiger partial charge in [-0.15, -0.1) is 0 Å². The molecular formula is C22H34O3. The molecule has 5 fully saturated rings. The summed E-state index contributed by atoms with van der Waals surface area (Å²) in [6.07, 6.45) is 7.81. The van der Waals surface area contributed by atoms with Crippen LogP contribution in [0.1, 0.15) is 72.6 Å². The summed E-state index contributed by atoms with van der Waals surface area (Å²) >= 11 is 0. The second-order valence-electron chi connectivity index (χ2n) is 10.8.